The van der Waals surface area contributed by atoms with Crippen LogP contribution in [0.4, 0.5) is 0 Å². The van der Waals surface area contributed by atoms with Gasteiger partial charge in [0.25, 0.3) is 5.91 Å². The molecule has 3 N–H and O–H groups in total. The number of carbonyl (C=O) groups is 2. The van der Waals surface area contributed by atoms with Gasteiger partial charge < -0.3 is 10.1 Å². The van der Waals surface area contributed by atoms with Crippen molar-refractivity contribution in [2.75, 3.05) is 6.61 Å². The van der Waals surface area contributed by atoms with Crippen molar-refractivity contribution in [2.45, 2.75) is 12.8 Å². The lowest BCUT2D eigenvalue weighted by Gasteiger charge is -2.12. The number of rotatable bonds is 6. The van der Waals surface area contributed by atoms with Crippen LogP contribution in [0.25, 0.3) is 0 Å². The molecule has 142 valence electrons. The van der Waals surface area contributed by atoms with E-state index in [1.807, 2.05) is 36.4 Å². The van der Waals surface area contributed by atoms with E-state index in [-0.39, 0.29) is 17.6 Å². The van der Waals surface area contributed by atoms with Crippen LogP contribution in [0, 0.1) is 0 Å². The van der Waals surface area contributed by atoms with Crippen LogP contribution < -0.4 is 20.9 Å². The summed E-state index contributed by atoms with van der Waals surface area (Å²) < 4.78 is 7.02. The van der Waals surface area contributed by atoms with Gasteiger partial charge in [0.2, 0.25) is 5.91 Å². The average Bonchev–Trinajstić information content (AvgIpc) is 2.65. The maximum atomic E-state index is 11.9. The summed E-state index contributed by atoms with van der Waals surface area (Å²) in [5, 5.41) is 2.53. The quantitative estimate of drug-likeness (QED) is 0.407. The molecule has 2 amide bonds. The lowest BCUT2D eigenvalue weighted by molar-refractivity contribution is -0.124. The summed E-state index contributed by atoms with van der Waals surface area (Å²) in [5.41, 5.74) is 5.91. The molecular formula is C18H17Br2N3O3S. The number of ether oxygens (including phenoxy) is 1. The molecule has 9 heteroatoms. The molecule has 0 bridgehead atoms. The van der Waals surface area contributed by atoms with Gasteiger partial charge in [-0.2, -0.15) is 0 Å². The molecule has 0 saturated carbocycles. The smallest absolute Gasteiger partial charge is 0.276 e. The van der Waals surface area contributed by atoms with Gasteiger partial charge in [-0.25, -0.2) is 0 Å². The van der Waals surface area contributed by atoms with Crippen LogP contribution in [0.3, 0.4) is 0 Å². The monoisotopic (exact) mass is 513 g/mol. The molecular weight excluding hydrogens is 498 g/mol. The van der Waals surface area contributed by atoms with Crippen LogP contribution in [0.15, 0.2) is 57.5 Å². The molecule has 2 aromatic rings. The Morgan fingerprint density at radius 2 is 1.74 bits per heavy atom. The van der Waals surface area contributed by atoms with Gasteiger partial charge in [0.05, 0.1) is 4.47 Å². The summed E-state index contributed by atoms with van der Waals surface area (Å²) in [6, 6.07) is 15.0. The van der Waals surface area contributed by atoms with Crippen molar-refractivity contribution in [1.82, 2.24) is 16.2 Å². The Balaban J connectivity index is 1.65. The molecule has 0 unspecified atom stereocenters. The molecule has 0 aliphatic rings. The predicted molar refractivity (Wildman–Crippen MR) is 114 cm³/mol. The van der Waals surface area contributed by atoms with Crippen molar-refractivity contribution in [3.8, 4) is 5.75 Å². The Hall–Kier alpha value is -1.97. The standard InChI is InChI=1S/C18H17Br2N3O3S/c19-13-7-8-15(14(20)10-13)26-11-17(25)22-23-18(27)21-16(24)9-6-12-4-2-1-3-5-12/h1-5,7-8,10H,6,9,11H2,(H,22,25)(H2,21,23,24,27). The van der Waals surface area contributed by atoms with Crippen molar-refractivity contribution in [3.63, 3.8) is 0 Å². The van der Waals surface area contributed by atoms with Crippen LogP contribution in [-0.2, 0) is 16.0 Å². The number of nitrogens with one attached hydrogen (secondary N) is 3. The van der Waals surface area contributed by atoms with Crippen molar-refractivity contribution in [2.24, 2.45) is 0 Å². The number of benzene rings is 2. The normalized spacial score (nSPS) is 10.0. The Labute approximate surface area is 179 Å². The summed E-state index contributed by atoms with van der Waals surface area (Å²) in [6.45, 7) is -0.211. The first-order chi connectivity index (χ1) is 12.9. The fourth-order valence-corrected chi connectivity index (χ4v) is 3.35. The number of aryl methyl sites for hydroxylation is 1. The number of hydrogen-bond donors (Lipinski definition) is 3. The highest BCUT2D eigenvalue weighted by molar-refractivity contribution is 9.11. The minimum Gasteiger partial charge on any atom is -0.483 e. The van der Waals surface area contributed by atoms with Gasteiger partial charge >= 0.3 is 0 Å². The first-order valence-electron chi connectivity index (χ1n) is 7.94. The first-order valence-corrected chi connectivity index (χ1v) is 9.94. The van der Waals surface area contributed by atoms with Gasteiger partial charge in [0.1, 0.15) is 5.75 Å². The number of hydrogen-bond acceptors (Lipinski definition) is 4. The zero-order valence-corrected chi connectivity index (χ0v) is 18.1. The molecule has 27 heavy (non-hydrogen) atoms. The summed E-state index contributed by atoms with van der Waals surface area (Å²) in [7, 11) is 0. The third-order valence-corrected chi connectivity index (χ3v) is 4.62. The number of amides is 2. The van der Waals surface area contributed by atoms with E-state index in [1.165, 1.54) is 0 Å². The van der Waals surface area contributed by atoms with Gasteiger partial charge in [0.15, 0.2) is 11.7 Å². The number of hydrazine groups is 1. The van der Waals surface area contributed by atoms with E-state index in [2.05, 4.69) is 48.0 Å². The first kappa shape index (κ1) is 21.3. The maximum absolute atomic E-state index is 11.9. The van der Waals surface area contributed by atoms with E-state index in [4.69, 9.17) is 17.0 Å². The van der Waals surface area contributed by atoms with Crippen molar-refractivity contribution >= 4 is 61.0 Å². The van der Waals surface area contributed by atoms with E-state index < -0.39 is 5.91 Å². The summed E-state index contributed by atoms with van der Waals surface area (Å²) in [5.74, 6) is -0.142. The van der Waals surface area contributed by atoms with E-state index in [9.17, 15) is 9.59 Å². The van der Waals surface area contributed by atoms with Crippen LogP contribution in [0.2, 0.25) is 0 Å². The van der Waals surface area contributed by atoms with E-state index in [0.29, 0.717) is 18.6 Å². The molecule has 0 aliphatic heterocycles. The third kappa shape index (κ3) is 8.06. The topological polar surface area (TPSA) is 79.5 Å². The summed E-state index contributed by atoms with van der Waals surface area (Å²) in [6.07, 6.45) is 0.901. The number of carbonyl (C=O) groups excluding carboxylic acids is 2. The molecule has 0 fully saturated rings. The van der Waals surface area contributed by atoms with Crippen LogP contribution in [0.1, 0.15) is 12.0 Å². The van der Waals surface area contributed by atoms with Crippen molar-refractivity contribution in [3.05, 3.63) is 63.0 Å². The average molecular weight is 515 g/mol. The van der Waals surface area contributed by atoms with Gasteiger partial charge in [-0.3, -0.25) is 20.4 Å². The molecule has 6 nitrogen and oxygen atoms in total. The molecule has 2 rings (SSSR count). The second-order valence-corrected chi connectivity index (χ2v) is 7.58. The lowest BCUT2D eigenvalue weighted by Crippen LogP contribution is -2.49. The summed E-state index contributed by atoms with van der Waals surface area (Å²) in [4.78, 5) is 23.7. The van der Waals surface area contributed by atoms with Crippen molar-refractivity contribution < 1.29 is 14.3 Å². The molecule has 0 heterocycles. The van der Waals surface area contributed by atoms with E-state index in [1.54, 1.807) is 12.1 Å². The van der Waals surface area contributed by atoms with Gasteiger partial charge in [0, 0.05) is 10.9 Å². The third-order valence-electron chi connectivity index (χ3n) is 3.30. The molecule has 0 saturated heterocycles. The highest BCUT2D eigenvalue weighted by Crippen LogP contribution is 2.27. The van der Waals surface area contributed by atoms with Crippen LogP contribution in [0.5, 0.6) is 5.75 Å². The largest absolute Gasteiger partial charge is 0.483 e. The molecule has 2 aromatic carbocycles. The predicted octanol–water partition coefficient (Wildman–Crippen LogP) is 3.25. The highest BCUT2D eigenvalue weighted by atomic mass is 79.9. The zero-order chi connectivity index (χ0) is 19.6. The molecule has 0 radical (unpaired) electrons. The van der Waals surface area contributed by atoms with Gasteiger partial charge in [-0.05, 0) is 58.3 Å². The Morgan fingerprint density at radius 3 is 2.44 bits per heavy atom. The zero-order valence-electron chi connectivity index (χ0n) is 14.1. The molecule has 0 spiro atoms. The molecule has 0 aliphatic carbocycles. The van der Waals surface area contributed by atoms with E-state index >= 15 is 0 Å². The molecule has 0 atom stereocenters. The van der Waals surface area contributed by atoms with Gasteiger partial charge in [-0.15, -0.1) is 0 Å². The minimum absolute atomic E-state index is 0.0197. The Bertz CT molecular complexity index is 819. The number of thiocarbonyl (C=S) groups is 1. The van der Waals surface area contributed by atoms with Crippen molar-refractivity contribution in [1.29, 1.82) is 0 Å². The fraction of sp³-hybridized carbons (Fsp3) is 0.167. The number of halogens is 2. The minimum atomic E-state index is -0.439. The SMILES string of the molecule is O=C(COc1ccc(Br)cc1Br)NNC(=S)NC(=O)CCc1ccccc1. The Morgan fingerprint density at radius 1 is 1.00 bits per heavy atom. The highest BCUT2D eigenvalue weighted by Gasteiger charge is 2.08. The maximum Gasteiger partial charge on any atom is 0.276 e. The Kier molecular flexibility index (Phi) is 8.70. The van der Waals surface area contributed by atoms with Gasteiger partial charge in [-0.1, -0.05) is 46.3 Å². The van der Waals surface area contributed by atoms with E-state index in [0.717, 1.165) is 14.5 Å². The molecule has 0 aromatic heterocycles. The second kappa shape index (κ2) is 11.0. The van der Waals surface area contributed by atoms with Crippen LogP contribution in [-0.4, -0.2) is 23.5 Å². The second-order valence-electron chi connectivity index (χ2n) is 5.40. The fourth-order valence-electron chi connectivity index (χ4n) is 2.02. The van der Waals surface area contributed by atoms with Crippen LogP contribution >= 0.6 is 44.1 Å². The lowest BCUT2D eigenvalue weighted by atomic mass is 10.1. The summed E-state index contributed by atoms with van der Waals surface area (Å²) >= 11 is 11.7.